The van der Waals surface area contributed by atoms with Gasteiger partial charge in [0, 0.05) is 11.6 Å². The van der Waals surface area contributed by atoms with E-state index in [2.05, 4.69) is 5.32 Å². The van der Waals surface area contributed by atoms with Crippen LogP contribution in [-0.4, -0.2) is 25.0 Å². The van der Waals surface area contributed by atoms with Crippen LogP contribution in [0.4, 0.5) is 10.1 Å². The molecule has 2 aromatic rings. The maximum absolute atomic E-state index is 12.8. The van der Waals surface area contributed by atoms with E-state index in [0.29, 0.717) is 13.0 Å². The Balaban J connectivity index is 1.79. The van der Waals surface area contributed by atoms with E-state index in [9.17, 15) is 14.0 Å². The molecule has 0 spiro atoms. The van der Waals surface area contributed by atoms with E-state index in [-0.39, 0.29) is 27.1 Å². The van der Waals surface area contributed by atoms with Crippen LogP contribution in [0.15, 0.2) is 36.4 Å². The lowest BCUT2D eigenvalue weighted by atomic mass is 10.1. The number of benzene rings is 2. The predicted molar refractivity (Wildman–Crippen MR) is 94.3 cm³/mol. The first kappa shape index (κ1) is 19.0. The minimum Gasteiger partial charge on any atom is -0.452 e. The van der Waals surface area contributed by atoms with Crippen LogP contribution in [0.1, 0.15) is 15.9 Å². The smallest absolute Gasteiger partial charge is 0.340 e. The van der Waals surface area contributed by atoms with E-state index < -0.39 is 18.5 Å². The lowest BCUT2D eigenvalue weighted by Gasteiger charge is -2.09. The number of amides is 1. The molecule has 0 aliphatic heterocycles. The number of rotatable bonds is 6. The maximum Gasteiger partial charge on any atom is 0.340 e. The molecule has 0 radical (unpaired) electrons. The summed E-state index contributed by atoms with van der Waals surface area (Å²) >= 11 is 11.7. The van der Waals surface area contributed by atoms with Gasteiger partial charge in [0.1, 0.15) is 5.82 Å². The second-order valence-electron chi connectivity index (χ2n) is 5.15. The minimum atomic E-state index is -0.796. The molecule has 0 fully saturated rings. The normalized spacial score (nSPS) is 10.4. The number of esters is 1. The zero-order valence-corrected chi connectivity index (χ0v) is 14.5. The van der Waals surface area contributed by atoms with Gasteiger partial charge in [0.2, 0.25) is 0 Å². The summed E-state index contributed by atoms with van der Waals surface area (Å²) < 4.78 is 17.7. The third-order valence-corrected chi connectivity index (χ3v) is 3.83. The van der Waals surface area contributed by atoms with E-state index in [1.54, 1.807) is 12.1 Å². The van der Waals surface area contributed by atoms with E-state index in [4.69, 9.17) is 33.7 Å². The van der Waals surface area contributed by atoms with Gasteiger partial charge in [-0.25, -0.2) is 9.18 Å². The Labute approximate surface area is 153 Å². The van der Waals surface area contributed by atoms with Crippen molar-refractivity contribution >= 4 is 40.8 Å². The maximum atomic E-state index is 12.8. The Kier molecular flexibility index (Phi) is 6.61. The second kappa shape index (κ2) is 8.69. The van der Waals surface area contributed by atoms with Crippen LogP contribution in [0.25, 0.3) is 0 Å². The fourth-order valence-electron chi connectivity index (χ4n) is 2.01. The van der Waals surface area contributed by atoms with Crippen LogP contribution in [0.5, 0.6) is 0 Å². The van der Waals surface area contributed by atoms with Gasteiger partial charge in [-0.1, -0.05) is 35.3 Å². The quantitative estimate of drug-likeness (QED) is 0.591. The SMILES string of the molecule is Nc1c(Cl)cc(Cl)cc1C(=O)OCC(=O)NCCc1ccc(F)cc1. The highest BCUT2D eigenvalue weighted by Crippen LogP contribution is 2.27. The summed E-state index contributed by atoms with van der Waals surface area (Å²) in [4.78, 5) is 23.7. The highest BCUT2D eigenvalue weighted by molar-refractivity contribution is 6.37. The number of carbonyl (C=O) groups is 2. The van der Waals surface area contributed by atoms with E-state index in [1.807, 2.05) is 0 Å². The van der Waals surface area contributed by atoms with Gasteiger partial charge in [-0.15, -0.1) is 0 Å². The molecular weight excluding hydrogens is 370 g/mol. The lowest BCUT2D eigenvalue weighted by Crippen LogP contribution is -2.30. The summed E-state index contributed by atoms with van der Waals surface area (Å²) in [6.07, 6.45) is 0.525. The number of nitrogens with one attached hydrogen (secondary N) is 1. The van der Waals surface area contributed by atoms with Crippen LogP contribution >= 0.6 is 23.2 Å². The van der Waals surface area contributed by atoms with Gasteiger partial charge in [-0.05, 0) is 36.2 Å². The van der Waals surface area contributed by atoms with Crippen molar-refractivity contribution in [2.45, 2.75) is 6.42 Å². The van der Waals surface area contributed by atoms with Crippen molar-refractivity contribution in [1.82, 2.24) is 5.32 Å². The molecule has 3 N–H and O–H groups in total. The summed E-state index contributed by atoms with van der Waals surface area (Å²) in [6.45, 7) is -0.140. The molecule has 0 aliphatic rings. The van der Waals surface area contributed by atoms with Gasteiger partial charge in [-0.2, -0.15) is 0 Å². The van der Waals surface area contributed by atoms with Crippen LogP contribution in [0, 0.1) is 5.82 Å². The molecule has 132 valence electrons. The Morgan fingerprint density at radius 2 is 1.84 bits per heavy atom. The van der Waals surface area contributed by atoms with Gasteiger partial charge in [0.15, 0.2) is 6.61 Å². The first-order valence-electron chi connectivity index (χ1n) is 7.29. The second-order valence-corrected chi connectivity index (χ2v) is 6.00. The Hall–Kier alpha value is -2.31. The number of nitrogen functional groups attached to an aromatic ring is 1. The van der Waals surface area contributed by atoms with E-state index in [1.165, 1.54) is 24.3 Å². The molecule has 1 amide bonds. The zero-order valence-electron chi connectivity index (χ0n) is 13.0. The van der Waals surface area contributed by atoms with Crippen LogP contribution in [0.3, 0.4) is 0 Å². The summed E-state index contributed by atoms with van der Waals surface area (Å²) in [5, 5.41) is 2.96. The summed E-state index contributed by atoms with van der Waals surface area (Å²) in [6, 6.07) is 8.67. The molecule has 25 heavy (non-hydrogen) atoms. The summed E-state index contributed by atoms with van der Waals surface area (Å²) in [5.74, 6) is -1.59. The highest BCUT2D eigenvalue weighted by atomic mass is 35.5. The van der Waals surface area contributed by atoms with Crippen LogP contribution < -0.4 is 11.1 Å². The average molecular weight is 385 g/mol. The van der Waals surface area contributed by atoms with Crippen molar-refractivity contribution < 1.29 is 18.7 Å². The van der Waals surface area contributed by atoms with Gasteiger partial charge in [0.25, 0.3) is 5.91 Å². The van der Waals surface area contributed by atoms with Crippen molar-refractivity contribution in [3.8, 4) is 0 Å². The number of hydrogen-bond acceptors (Lipinski definition) is 4. The van der Waals surface area contributed by atoms with Crippen molar-refractivity contribution in [1.29, 1.82) is 0 Å². The standard InChI is InChI=1S/C17H15Cl2FN2O3/c18-11-7-13(16(21)14(19)8-11)17(24)25-9-15(23)22-6-5-10-1-3-12(20)4-2-10/h1-4,7-8H,5-6,9,21H2,(H,22,23). The number of nitrogens with two attached hydrogens (primary N) is 1. The summed E-state index contributed by atoms with van der Waals surface area (Å²) in [7, 11) is 0. The molecule has 0 aromatic heterocycles. The Morgan fingerprint density at radius 1 is 1.16 bits per heavy atom. The van der Waals surface area contributed by atoms with Gasteiger partial charge in [0.05, 0.1) is 16.3 Å². The zero-order chi connectivity index (χ0) is 18.4. The molecule has 2 rings (SSSR count). The Morgan fingerprint density at radius 3 is 2.52 bits per heavy atom. The molecule has 0 unspecified atom stereocenters. The average Bonchev–Trinajstić information content (AvgIpc) is 2.57. The fourth-order valence-corrected chi connectivity index (χ4v) is 2.50. The molecule has 0 saturated heterocycles. The first-order chi connectivity index (χ1) is 11.9. The molecule has 2 aromatic carbocycles. The van der Waals surface area contributed by atoms with Crippen molar-refractivity contribution in [3.63, 3.8) is 0 Å². The Bertz CT molecular complexity index is 782. The van der Waals surface area contributed by atoms with Crippen LogP contribution in [0.2, 0.25) is 10.0 Å². The summed E-state index contributed by atoms with van der Waals surface area (Å²) in [5.41, 5.74) is 6.60. The van der Waals surface area contributed by atoms with Crippen molar-refractivity contribution in [3.05, 3.63) is 63.4 Å². The monoisotopic (exact) mass is 384 g/mol. The van der Waals surface area contributed by atoms with E-state index in [0.717, 1.165) is 5.56 Å². The topological polar surface area (TPSA) is 81.4 Å². The molecule has 8 heteroatoms. The lowest BCUT2D eigenvalue weighted by molar-refractivity contribution is -0.124. The van der Waals surface area contributed by atoms with Gasteiger partial charge in [-0.3, -0.25) is 4.79 Å². The third-order valence-electron chi connectivity index (χ3n) is 3.30. The molecule has 0 heterocycles. The first-order valence-corrected chi connectivity index (χ1v) is 8.05. The molecule has 0 aliphatic carbocycles. The number of ether oxygens (including phenoxy) is 1. The van der Waals surface area contributed by atoms with Gasteiger partial charge < -0.3 is 15.8 Å². The molecule has 0 bridgehead atoms. The molecule has 0 atom stereocenters. The van der Waals surface area contributed by atoms with Crippen LogP contribution in [-0.2, 0) is 16.0 Å². The number of halogens is 3. The number of carbonyl (C=O) groups excluding carboxylic acids is 2. The van der Waals surface area contributed by atoms with Crippen molar-refractivity contribution in [2.75, 3.05) is 18.9 Å². The predicted octanol–water partition coefficient (Wildman–Crippen LogP) is 3.23. The molecule has 0 saturated carbocycles. The fraction of sp³-hybridized carbons (Fsp3) is 0.176. The number of anilines is 1. The van der Waals surface area contributed by atoms with Crippen molar-refractivity contribution in [2.24, 2.45) is 0 Å². The largest absolute Gasteiger partial charge is 0.452 e. The third kappa shape index (κ3) is 5.62. The number of hydrogen-bond donors (Lipinski definition) is 2. The molecular formula is C17H15Cl2FN2O3. The minimum absolute atomic E-state index is 0.00314. The molecule has 5 nitrogen and oxygen atoms in total. The van der Waals surface area contributed by atoms with Gasteiger partial charge >= 0.3 is 5.97 Å². The highest BCUT2D eigenvalue weighted by Gasteiger charge is 2.16. The van der Waals surface area contributed by atoms with E-state index >= 15 is 0 Å².